The average Bonchev–Trinajstić information content (AvgIpc) is 2.20. The van der Waals surface area contributed by atoms with E-state index in [1.54, 1.807) is 6.07 Å². The molecule has 0 unspecified atom stereocenters. The van der Waals surface area contributed by atoms with E-state index in [1.807, 2.05) is 18.2 Å². The first-order chi connectivity index (χ1) is 6.36. The Hall–Kier alpha value is -1.70. The molecule has 1 aromatic heterocycles. The molecule has 0 aliphatic heterocycles. The normalized spacial score (nSPS) is 9.92. The first kappa shape index (κ1) is 7.92. The van der Waals surface area contributed by atoms with E-state index in [0.717, 1.165) is 11.3 Å². The van der Waals surface area contributed by atoms with E-state index in [2.05, 4.69) is 35.5 Å². The fourth-order valence-electron chi connectivity index (χ4n) is 1.14. The van der Waals surface area contributed by atoms with Crippen LogP contribution >= 0.6 is 0 Å². The van der Waals surface area contributed by atoms with Crippen molar-refractivity contribution in [3.05, 3.63) is 48.2 Å². The predicted octanol–water partition coefficient (Wildman–Crippen LogP) is 2.25. The molecule has 0 saturated heterocycles. The third-order valence-corrected chi connectivity index (χ3v) is 1.88. The molecule has 1 heterocycles. The zero-order valence-electron chi connectivity index (χ0n) is 7.36. The van der Waals surface area contributed by atoms with Gasteiger partial charge in [0.15, 0.2) is 0 Å². The van der Waals surface area contributed by atoms with Crippen molar-refractivity contribution in [2.45, 2.75) is 6.92 Å². The summed E-state index contributed by atoms with van der Waals surface area (Å²) in [7, 11) is 0. The van der Waals surface area contributed by atoms with Gasteiger partial charge in [0.05, 0.1) is 5.69 Å². The van der Waals surface area contributed by atoms with Crippen LogP contribution in [0.3, 0.4) is 0 Å². The smallest absolute Gasteiger partial charge is 0.113 e. The van der Waals surface area contributed by atoms with Crippen molar-refractivity contribution in [3.63, 3.8) is 0 Å². The van der Waals surface area contributed by atoms with Crippen molar-refractivity contribution < 1.29 is 0 Å². The van der Waals surface area contributed by atoms with Crippen molar-refractivity contribution in [1.29, 1.82) is 0 Å². The number of aromatic nitrogens is 2. The Morgan fingerprint density at radius 3 is 2.46 bits per heavy atom. The fourth-order valence-corrected chi connectivity index (χ4v) is 1.14. The fraction of sp³-hybridized carbons (Fsp3) is 0.0909. The lowest BCUT2D eigenvalue weighted by Crippen LogP contribution is -1.85. The molecular formula is C11H9N2. The summed E-state index contributed by atoms with van der Waals surface area (Å²) in [4.78, 5) is 0. The number of benzene rings is 1. The molecule has 0 N–H and O–H groups in total. The quantitative estimate of drug-likeness (QED) is 0.654. The first-order valence-electron chi connectivity index (χ1n) is 4.13. The highest BCUT2D eigenvalue weighted by molar-refractivity contribution is 5.58. The van der Waals surface area contributed by atoms with Gasteiger partial charge in [-0.3, -0.25) is 0 Å². The van der Waals surface area contributed by atoms with Crippen molar-refractivity contribution >= 4 is 0 Å². The van der Waals surface area contributed by atoms with Crippen LogP contribution in [0, 0.1) is 13.1 Å². The summed E-state index contributed by atoms with van der Waals surface area (Å²) < 4.78 is 0. The average molecular weight is 169 g/mol. The third kappa shape index (κ3) is 1.72. The van der Waals surface area contributed by atoms with Crippen molar-refractivity contribution in [2.24, 2.45) is 0 Å². The second-order valence-corrected chi connectivity index (χ2v) is 2.91. The molecule has 0 spiro atoms. The molecule has 2 nitrogen and oxygen atoms in total. The summed E-state index contributed by atoms with van der Waals surface area (Å²) in [6.45, 7) is 2.06. The number of hydrogen-bond donors (Lipinski definition) is 0. The monoisotopic (exact) mass is 169 g/mol. The van der Waals surface area contributed by atoms with E-state index in [0.29, 0.717) is 0 Å². The Bertz CT molecular complexity index is 379. The Kier molecular flexibility index (Phi) is 2.04. The third-order valence-electron chi connectivity index (χ3n) is 1.88. The van der Waals surface area contributed by atoms with Crippen LogP contribution in [0.4, 0.5) is 0 Å². The summed E-state index contributed by atoms with van der Waals surface area (Å²) in [5, 5.41) is 7.68. The molecule has 0 fully saturated rings. The van der Waals surface area contributed by atoms with E-state index < -0.39 is 0 Å². The number of rotatable bonds is 1. The van der Waals surface area contributed by atoms with Gasteiger partial charge in [0.25, 0.3) is 0 Å². The molecule has 2 aromatic rings. The minimum atomic E-state index is 0.888. The maximum atomic E-state index is 3.97. The topological polar surface area (TPSA) is 25.8 Å². The Morgan fingerprint density at radius 2 is 1.85 bits per heavy atom. The molecule has 0 saturated carbocycles. The van der Waals surface area contributed by atoms with Gasteiger partial charge in [0, 0.05) is 5.56 Å². The van der Waals surface area contributed by atoms with Crippen LogP contribution in [0.15, 0.2) is 36.4 Å². The van der Waals surface area contributed by atoms with Crippen LogP contribution in [-0.4, -0.2) is 10.2 Å². The Balaban J connectivity index is 2.42. The molecule has 2 rings (SSSR count). The summed E-state index contributed by atoms with van der Waals surface area (Å²) in [6.07, 6.45) is 2.65. The van der Waals surface area contributed by atoms with E-state index in [-0.39, 0.29) is 0 Å². The molecule has 13 heavy (non-hydrogen) atoms. The van der Waals surface area contributed by atoms with Crippen LogP contribution in [0.25, 0.3) is 11.3 Å². The highest BCUT2D eigenvalue weighted by Crippen LogP contribution is 2.15. The molecule has 0 aliphatic rings. The molecule has 63 valence electrons. The lowest BCUT2D eigenvalue weighted by molar-refractivity contribution is 1.03. The molecule has 1 aromatic carbocycles. The molecule has 0 bridgehead atoms. The standard InChI is InChI=1S/C11H9N2/c1-9-4-6-10(7-5-9)11-3-2-8-12-13-11/h2-7H,1H3. The number of hydrogen-bond acceptors (Lipinski definition) is 2. The predicted molar refractivity (Wildman–Crippen MR) is 51.0 cm³/mol. The first-order valence-corrected chi connectivity index (χ1v) is 4.13. The van der Waals surface area contributed by atoms with Crippen LogP contribution in [0.1, 0.15) is 5.56 Å². The zero-order chi connectivity index (χ0) is 9.10. The van der Waals surface area contributed by atoms with Gasteiger partial charge in [-0.1, -0.05) is 29.8 Å². The van der Waals surface area contributed by atoms with Crippen molar-refractivity contribution in [2.75, 3.05) is 0 Å². The van der Waals surface area contributed by atoms with Gasteiger partial charge in [-0.15, -0.1) is 10.2 Å². The molecule has 2 heteroatoms. The summed E-state index contributed by atoms with van der Waals surface area (Å²) in [5.41, 5.74) is 3.23. The molecule has 0 amide bonds. The summed E-state index contributed by atoms with van der Waals surface area (Å²) in [6, 6.07) is 11.9. The summed E-state index contributed by atoms with van der Waals surface area (Å²) in [5.74, 6) is 0. The van der Waals surface area contributed by atoms with Gasteiger partial charge in [-0.2, -0.15) is 0 Å². The second kappa shape index (κ2) is 3.35. The van der Waals surface area contributed by atoms with E-state index in [9.17, 15) is 0 Å². The highest BCUT2D eigenvalue weighted by Gasteiger charge is 1.96. The molecule has 1 radical (unpaired) electrons. The molecule has 0 aliphatic carbocycles. The molecule has 0 atom stereocenters. The highest BCUT2D eigenvalue weighted by atomic mass is 15.1. The minimum absolute atomic E-state index is 0.888. The maximum absolute atomic E-state index is 3.97. The lowest BCUT2D eigenvalue weighted by atomic mass is 10.1. The van der Waals surface area contributed by atoms with Gasteiger partial charge in [-0.05, 0) is 19.1 Å². The number of aryl methyl sites for hydroxylation is 1. The van der Waals surface area contributed by atoms with Crippen LogP contribution in [0.5, 0.6) is 0 Å². The molecular weight excluding hydrogens is 160 g/mol. The Labute approximate surface area is 77.3 Å². The van der Waals surface area contributed by atoms with Crippen molar-refractivity contribution in [3.8, 4) is 11.3 Å². The second-order valence-electron chi connectivity index (χ2n) is 2.91. The van der Waals surface area contributed by atoms with E-state index in [4.69, 9.17) is 0 Å². The van der Waals surface area contributed by atoms with Crippen molar-refractivity contribution in [1.82, 2.24) is 10.2 Å². The minimum Gasteiger partial charge on any atom is -0.150 e. The summed E-state index contributed by atoms with van der Waals surface area (Å²) >= 11 is 0. The van der Waals surface area contributed by atoms with Crippen LogP contribution in [0.2, 0.25) is 0 Å². The van der Waals surface area contributed by atoms with Gasteiger partial charge >= 0.3 is 0 Å². The van der Waals surface area contributed by atoms with E-state index >= 15 is 0 Å². The van der Waals surface area contributed by atoms with Gasteiger partial charge < -0.3 is 0 Å². The maximum Gasteiger partial charge on any atom is 0.113 e. The van der Waals surface area contributed by atoms with Crippen LogP contribution in [-0.2, 0) is 0 Å². The largest absolute Gasteiger partial charge is 0.150 e. The van der Waals surface area contributed by atoms with Gasteiger partial charge in [-0.25, -0.2) is 0 Å². The number of nitrogens with zero attached hydrogens (tertiary/aromatic N) is 2. The van der Waals surface area contributed by atoms with Gasteiger partial charge in [0.2, 0.25) is 0 Å². The lowest BCUT2D eigenvalue weighted by Gasteiger charge is -1.98. The van der Waals surface area contributed by atoms with Crippen LogP contribution < -0.4 is 0 Å². The van der Waals surface area contributed by atoms with Gasteiger partial charge in [0.1, 0.15) is 6.20 Å². The Morgan fingerprint density at radius 1 is 1.08 bits per heavy atom. The zero-order valence-corrected chi connectivity index (χ0v) is 7.36. The van der Waals surface area contributed by atoms with E-state index in [1.165, 1.54) is 5.56 Å². The SMILES string of the molecule is Cc1ccc(-c2cc[c]nn2)cc1.